The fourth-order valence-electron chi connectivity index (χ4n) is 3.02. The van der Waals surface area contributed by atoms with Gasteiger partial charge in [0.25, 0.3) is 0 Å². The molecule has 7 heteroatoms. The Morgan fingerprint density at radius 3 is 2.70 bits per heavy atom. The number of ether oxygens (including phenoxy) is 2. The summed E-state index contributed by atoms with van der Waals surface area (Å²) in [5, 5.41) is 5.09. The molecule has 1 aliphatic heterocycles. The van der Waals surface area contributed by atoms with Gasteiger partial charge in [0.2, 0.25) is 0 Å². The van der Waals surface area contributed by atoms with E-state index in [0.29, 0.717) is 12.4 Å². The second-order valence-corrected chi connectivity index (χ2v) is 5.99. The van der Waals surface area contributed by atoms with Crippen LogP contribution in [0, 0.1) is 0 Å². The van der Waals surface area contributed by atoms with Crippen LogP contribution in [0.2, 0.25) is 0 Å². The van der Waals surface area contributed by atoms with Gasteiger partial charge in [0.1, 0.15) is 11.9 Å². The molecule has 0 bridgehead atoms. The van der Waals surface area contributed by atoms with E-state index in [-0.39, 0.29) is 19.2 Å². The van der Waals surface area contributed by atoms with Crippen LogP contribution in [0.1, 0.15) is 37.9 Å². The monoisotopic (exact) mass is 322 g/mol. The number of hydrogen-bond donors (Lipinski definition) is 2. The van der Waals surface area contributed by atoms with E-state index in [1.54, 1.807) is 12.1 Å². The van der Waals surface area contributed by atoms with Crippen molar-refractivity contribution in [3.63, 3.8) is 0 Å². The molecule has 1 spiro atoms. The number of rotatable bonds is 4. The number of nitrogens with one attached hydrogen (secondary N) is 2. The zero-order valence-electron chi connectivity index (χ0n) is 13.0. The summed E-state index contributed by atoms with van der Waals surface area (Å²) in [4.78, 5) is 23.5. The van der Waals surface area contributed by atoms with Gasteiger partial charge in [-0.3, -0.25) is 9.59 Å². The maximum Gasteiger partial charge on any atom is 0.309 e. The lowest BCUT2D eigenvalue weighted by Crippen LogP contribution is -2.43. The molecule has 1 saturated carbocycles. The standard InChI is InChI=1S/C16H22N2O5/c19-14(17-9-12-5-4-8-21-12)15(20)18-10-13-11-22-16(23-13)6-2-1-3-7-16/h4-5,8,13H,1-3,6-7,9-11H2,(H,17,19)(H,18,20)/t13-/m1/s1. The number of carbonyl (C=O) groups is 2. The Morgan fingerprint density at radius 2 is 1.96 bits per heavy atom. The first-order valence-electron chi connectivity index (χ1n) is 8.07. The van der Waals surface area contributed by atoms with Crippen LogP contribution in [0.3, 0.4) is 0 Å². The first-order chi connectivity index (χ1) is 11.2. The van der Waals surface area contributed by atoms with Crippen LogP contribution >= 0.6 is 0 Å². The average Bonchev–Trinajstić information content (AvgIpc) is 3.21. The predicted molar refractivity (Wildman–Crippen MR) is 80.2 cm³/mol. The molecular weight excluding hydrogens is 300 g/mol. The highest BCUT2D eigenvalue weighted by Crippen LogP contribution is 2.37. The summed E-state index contributed by atoms with van der Waals surface area (Å²) in [6, 6.07) is 3.45. The van der Waals surface area contributed by atoms with E-state index >= 15 is 0 Å². The highest BCUT2D eigenvalue weighted by Gasteiger charge is 2.42. The van der Waals surface area contributed by atoms with Gasteiger partial charge in [-0.25, -0.2) is 0 Å². The van der Waals surface area contributed by atoms with Crippen LogP contribution in [-0.2, 0) is 25.6 Å². The smallest absolute Gasteiger partial charge is 0.309 e. The predicted octanol–water partition coefficient (Wildman–Crippen LogP) is 1.09. The van der Waals surface area contributed by atoms with E-state index in [1.165, 1.54) is 12.7 Å². The Labute approximate surface area is 134 Å². The average molecular weight is 322 g/mol. The second kappa shape index (κ2) is 7.14. The fourth-order valence-corrected chi connectivity index (χ4v) is 3.02. The van der Waals surface area contributed by atoms with Crippen LogP contribution in [0.15, 0.2) is 22.8 Å². The van der Waals surface area contributed by atoms with Crippen LogP contribution in [0.25, 0.3) is 0 Å². The van der Waals surface area contributed by atoms with Crippen molar-refractivity contribution in [1.82, 2.24) is 10.6 Å². The molecule has 0 unspecified atom stereocenters. The summed E-state index contributed by atoms with van der Waals surface area (Å²) in [6.45, 7) is 0.911. The first-order valence-corrected chi connectivity index (χ1v) is 8.07. The molecule has 2 amide bonds. The van der Waals surface area contributed by atoms with Crippen LogP contribution in [-0.4, -0.2) is 36.9 Å². The third-order valence-corrected chi connectivity index (χ3v) is 4.23. The maximum absolute atomic E-state index is 11.8. The molecule has 1 aromatic rings. The van der Waals surface area contributed by atoms with Crippen molar-refractivity contribution in [2.75, 3.05) is 13.2 Å². The zero-order chi connectivity index (χ0) is 16.1. The molecule has 1 aromatic heterocycles. The van der Waals surface area contributed by atoms with Crippen molar-refractivity contribution in [2.45, 2.75) is 50.5 Å². The minimum absolute atomic E-state index is 0.186. The van der Waals surface area contributed by atoms with E-state index in [2.05, 4.69) is 10.6 Å². The minimum Gasteiger partial charge on any atom is -0.467 e. The maximum atomic E-state index is 11.8. The van der Waals surface area contributed by atoms with Gasteiger partial charge in [0.15, 0.2) is 5.79 Å². The third-order valence-electron chi connectivity index (χ3n) is 4.23. The Balaban J connectivity index is 1.38. The molecule has 1 aliphatic carbocycles. The molecule has 0 radical (unpaired) electrons. The molecule has 0 aromatic carbocycles. The van der Waals surface area contributed by atoms with Gasteiger partial charge in [-0.2, -0.15) is 0 Å². The van der Waals surface area contributed by atoms with Gasteiger partial charge in [0, 0.05) is 19.4 Å². The van der Waals surface area contributed by atoms with Crippen molar-refractivity contribution in [1.29, 1.82) is 0 Å². The van der Waals surface area contributed by atoms with Gasteiger partial charge in [-0.15, -0.1) is 0 Å². The molecule has 1 saturated heterocycles. The Bertz CT molecular complexity index is 537. The normalized spacial score (nSPS) is 22.9. The third kappa shape index (κ3) is 4.11. The fraction of sp³-hybridized carbons (Fsp3) is 0.625. The van der Waals surface area contributed by atoms with E-state index in [4.69, 9.17) is 13.9 Å². The molecule has 7 nitrogen and oxygen atoms in total. The molecule has 2 N–H and O–H groups in total. The van der Waals surface area contributed by atoms with Gasteiger partial charge >= 0.3 is 11.8 Å². The van der Waals surface area contributed by atoms with E-state index < -0.39 is 17.6 Å². The Kier molecular flexibility index (Phi) is 4.97. The summed E-state index contributed by atoms with van der Waals surface area (Å²) in [6.07, 6.45) is 6.55. The molecule has 2 aliphatic rings. The lowest BCUT2D eigenvalue weighted by molar-refractivity contribution is -0.186. The SMILES string of the molecule is O=C(NCc1ccco1)C(=O)NC[C@@H]1COC2(CCCCC2)O1. The van der Waals surface area contributed by atoms with Gasteiger partial charge in [0.05, 0.1) is 19.4 Å². The van der Waals surface area contributed by atoms with Crippen molar-refractivity contribution >= 4 is 11.8 Å². The molecule has 3 rings (SSSR count). The topological polar surface area (TPSA) is 89.8 Å². The Hall–Kier alpha value is -1.86. The minimum atomic E-state index is -0.687. The van der Waals surface area contributed by atoms with Crippen LogP contribution < -0.4 is 10.6 Å². The lowest BCUT2D eigenvalue weighted by atomic mass is 9.94. The summed E-state index contributed by atoms with van der Waals surface area (Å²) in [5.74, 6) is -1.23. The number of amides is 2. The summed E-state index contributed by atoms with van der Waals surface area (Å²) in [5.41, 5.74) is 0. The highest BCUT2D eigenvalue weighted by atomic mass is 16.7. The first kappa shape index (κ1) is 16.0. The van der Waals surface area contributed by atoms with Gasteiger partial charge < -0.3 is 24.5 Å². The molecule has 23 heavy (non-hydrogen) atoms. The molecule has 2 fully saturated rings. The molecule has 1 atom stereocenters. The highest BCUT2D eigenvalue weighted by molar-refractivity contribution is 6.35. The largest absolute Gasteiger partial charge is 0.467 e. The summed E-state index contributed by atoms with van der Waals surface area (Å²) >= 11 is 0. The molecule has 2 heterocycles. The number of furan rings is 1. The van der Waals surface area contributed by atoms with E-state index in [1.807, 2.05) is 0 Å². The molecular formula is C16H22N2O5. The second-order valence-electron chi connectivity index (χ2n) is 5.99. The number of carbonyl (C=O) groups excluding carboxylic acids is 2. The van der Waals surface area contributed by atoms with Crippen LogP contribution in [0.4, 0.5) is 0 Å². The van der Waals surface area contributed by atoms with Gasteiger partial charge in [-0.05, 0) is 25.0 Å². The van der Waals surface area contributed by atoms with Crippen molar-refractivity contribution in [3.05, 3.63) is 24.2 Å². The Morgan fingerprint density at radius 1 is 1.17 bits per heavy atom. The van der Waals surface area contributed by atoms with Crippen molar-refractivity contribution in [3.8, 4) is 0 Å². The van der Waals surface area contributed by atoms with Crippen LogP contribution in [0.5, 0.6) is 0 Å². The van der Waals surface area contributed by atoms with Crippen molar-refractivity contribution in [2.24, 2.45) is 0 Å². The summed E-state index contributed by atoms with van der Waals surface area (Å²) < 4.78 is 16.8. The van der Waals surface area contributed by atoms with Crippen molar-refractivity contribution < 1.29 is 23.5 Å². The quantitative estimate of drug-likeness (QED) is 0.810. The number of hydrogen-bond acceptors (Lipinski definition) is 5. The van der Waals surface area contributed by atoms with Gasteiger partial charge in [-0.1, -0.05) is 6.42 Å². The lowest BCUT2D eigenvalue weighted by Gasteiger charge is -2.31. The molecule has 126 valence electrons. The summed E-state index contributed by atoms with van der Waals surface area (Å²) in [7, 11) is 0. The van der Waals surface area contributed by atoms with E-state index in [9.17, 15) is 9.59 Å². The zero-order valence-corrected chi connectivity index (χ0v) is 13.0. The van der Waals surface area contributed by atoms with E-state index in [0.717, 1.165) is 25.7 Å².